The van der Waals surface area contributed by atoms with Crippen LogP contribution in [0.2, 0.25) is 0 Å². The quantitative estimate of drug-likeness (QED) is 0.809. The molecule has 1 aliphatic rings. The molecule has 1 aliphatic carbocycles. The Morgan fingerprint density at radius 3 is 2.67 bits per heavy atom. The highest BCUT2D eigenvalue weighted by atomic mass is 16.1. The lowest BCUT2D eigenvalue weighted by Gasteiger charge is -2.24. The predicted molar refractivity (Wildman–Crippen MR) is 73.0 cm³/mol. The van der Waals surface area contributed by atoms with Crippen molar-refractivity contribution in [3.05, 3.63) is 35.9 Å². The lowest BCUT2D eigenvalue weighted by molar-refractivity contribution is -0.122. The van der Waals surface area contributed by atoms with Gasteiger partial charge in [-0.05, 0) is 30.7 Å². The molecule has 0 radical (unpaired) electrons. The van der Waals surface area contributed by atoms with Gasteiger partial charge in [0.1, 0.15) is 0 Å². The minimum atomic E-state index is 0.00945. The number of hydrogen-bond donors (Lipinski definition) is 2. The predicted octanol–water partition coefficient (Wildman–Crippen LogP) is 2.38. The van der Waals surface area contributed by atoms with Crippen LogP contribution in [0, 0.1) is 5.92 Å². The van der Waals surface area contributed by atoms with Crippen molar-refractivity contribution in [1.29, 1.82) is 0 Å². The third-order valence-corrected chi connectivity index (χ3v) is 3.70. The maximum Gasteiger partial charge on any atom is 0.220 e. The molecule has 0 bridgehead atoms. The van der Waals surface area contributed by atoms with E-state index in [1.165, 1.54) is 19.3 Å². The van der Waals surface area contributed by atoms with Crippen LogP contribution in [0.3, 0.4) is 0 Å². The molecule has 0 heterocycles. The summed E-state index contributed by atoms with van der Waals surface area (Å²) in [6.07, 6.45) is 5.21. The molecule has 0 aromatic heterocycles. The highest BCUT2D eigenvalue weighted by molar-refractivity contribution is 5.76. The number of hydrogen-bond acceptors (Lipinski definition) is 2. The SMILES string of the molecule is NC(CCNC(=O)CC1CCC1)c1ccccc1. The Hall–Kier alpha value is -1.35. The van der Waals surface area contributed by atoms with Gasteiger partial charge in [-0.1, -0.05) is 36.8 Å². The normalized spacial score (nSPS) is 16.9. The lowest BCUT2D eigenvalue weighted by atomic mass is 9.83. The van der Waals surface area contributed by atoms with E-state index in [0.717, 1.165) is 12.0 Å². The van der Waals surface area contributed by atoms with Gasteiger partial charge in [0.05, 0.1) is 0 Å². The molecule has 1 amide bonds. The molecule has 1 atom stereocenters. The fourth-order valence-corrected chi connectivity index (χ4v) is 2.27. The maximum absolute atomic E-state index is 11.6. The molecular weight excluding hydrogens is 224 g/mol. The minimum Gasteiger partial charge on any atom is -0.356 e. The number of rotatable bonds is 6. The van der Waals surface area contributed by atoms with Gasteiger partial charge < -0.3 is 11.1 Å². The van der Waals surface area contributed by atoms with Crippen molar-refractivity contribution in [3.63, 3.8) is 0 Å². The summed E-state index contributed by atoms with van der Waals surface area (Å²) in [6, 6.07) is 10.0. The Balaban J connectivity index is 1.64. The monoisotopic (exact) mass is 246 g/mol. The first-order valence-electron chi connectivity index (χ1n) is 6.83. The van der Waals surface area contributed by atoms with E-state index in [9.17, 15) is 4.79 Å². The Morgan fingerprint density at radius 1 is 1.33 bits per heavy atom. The summed E-state index contributed by atoms with van der Waals surface area (Å²) in [5.41, 5.74) is 7.20. The molecule has 1 saturated carbocycles. The number of carbonyl (C=O) groups is 1. The van der Waals surface area contributed by atoms with Crippen LogP contribution in [0.25, 0.3) is 0 Å². The first-order chi connectivity index (χ1) is 8.75. The Labute approximate surface area is 109 Å². The summed E-state index contributed by atoms with van der Waals surface area (Å²) in [5, 5.41) is 2.96. The smallest absolute Gasteiger partial charge is 0.220 e. The number of nitrogens with two attached hydrogens (primary N) is 1. The Morgan fingerprint density at radius 2 is 2.06 bits per heavy atom. The zero-order valence-corrected chi connectivity index (χ0v) is 10.8. The molecule has 0 aliphatic heterocycles. The van der Waals surface area contributed by atoms with Gasteiger partial charge in [-0.15, -0.1) is 0 Å². The molecule has 3 heteroatoms. The van der Waals surface area contributed by atoms with Gasteiger partial charge in [-0.3, -0.25) is 4.79 Å². The van der Waals surface area contributed by atoms with Crippen LogP contribution < -0.4 is 11.1 Å². The van der Waals surface area contributed by atoms with Gasteiger partial charge in [-0.2, -0.15) is 0 Å². The van der Waals surface area contributed by atoms with E-state index in [4.69, 9.17) is 5.73 Å². The van der Waals surface area contributed by atoms with Gasteiger partial charge >= 0.3 is 0 Å². The first kappa shape index (κ1) is 13.1. The topological polar surface area (TPSA) is 55.1 Å². The van der Waals surface area contributed by atoms with Gasteiger partial charge in [0.2, 0.25) is 5.91 Å². The van der Waals surface area contributed by atoms with E-state index in [1.54, 1.807) is 0 Å². The minimum absolute atomic E-state index is 0.00945. The van der Waals surface area contributed by atoms with Crippen molar-refractivity contribution in [2.24, 2.45) is 11.7 Å². The third-order valence-electron chi connectivity index (χ3n) is 3.70. The fourth-order valence-electron chi connectivity index (χ4n) is 2.27. The summed E-state index contributed by atoms with van der Waals surface area (Å²) in [6.45, 7) is 0.668. The van der Waals surface area contributed by atoms with Crippen molar-refractivity contribution in [3.8, 4) is 0 Å². The maximum atomic E-state index is 11.6. The van der Waals surface area contributed by atoms with E-state index in [1.807, 2.05) is 30.3 Å². The van der Waals surface area contributed by atoms with Crippen LogP contribution in [0.5, 0.6) is 0 Å². The van der Waals surface area contributed by atoms with Gasteiger partial charge in [0, 0.05) is 19.0 Å². The van der Waals surface area contributed by atoms with Crippen molar-refractivity contribution < 1.29 is 4.79 Å². The van der Waals surface area contributed by atoms with Crippen LogP contribution in [0.1, 0.15) is 43.7 Å². The second-order valence-corrected chi connectivity index (χ2v) is 5.16. The molecule has 2 rings (SSSR count). The van der Waals surface area contributed by atoms with Crippen LogP contribution >= 0.6 is 0 Å². The van der Waals surface area contributed by atoms with E-state index in [-0.39, 0.29) is 11.9 Å². The van der Waals surface area contributed by atoms with Crippen molar-refractivity contribution in [2.45, 2.75) is 38.1 Å². The molecule has 0 saturated heterocycles. The lowest BCUT2D eigenvalue weighted by Crippen LogP contribution is -2.30. The summed E-state index contributed by atoms with van der Waals surface area (Å²) in [4.78, 5) is 11.6. The molecule has 1 fully saturated rings. The summed E-state index contributed by atoms with van der Waals surface area (Å²) >= 11 is 0. The van der Waals surface area contributed by atoms with Crippen molar-refractivity contribution >= 4 is 5.91 Å². The van der Waals surface area contributed by atoms with Crippen molar-refractivity contribution in [2.75, 3.05) is 6.54 Å². The molecule has 18 heavy (non-hydrogen) atoms. The van der Waals surface area contributed by atoms with Crippen LogP contribution in [0.15, 0.2) is 30.3 Å². The molecule has 3 N–H and O–H groups in total. The first-order valence-corrected chi connectivity index (χ1v) is 6.83. The van der Waals surface area contributed by atoms with Gasteiger partial charge in [0.15, 0.2) is 0 Å². The second kappa shape index (κ2) is 6.55. The second-order valence-electron chi connectivity index (χ2n) is 5.16. The van der Waals surface area contributed by atoms with E-state index in [2.05, 4.69) is 5.32 Å². The number of carbonyl (C=O) groups excluding carboxylic acids is 1. The van der Waals surface area contributed by atoms with Crippen LogP contribution in [-0.2, 0) is 4.79 Å². The van der Waals surface area contributed by atoms with E-state index < -0.39 is 0 Å². The zero-order chi connectivity index (χ0) is 12.8. The average Bonchev–Trinajstić information content (AvgIpc) is 2.35. The largest absolute Gasteiger partial charge is 0.356 e. The van der Waals surface area contributed by atoms with Gasteiger partial charge in [-0.25, -0.2) is 0 Å². The Bertz CT molecular complexity index is 373. The standard InChI is InChI=1S/C15H22N2O/c16-14(13-7-2-1-3-8-13)9-10-17-15(18)11-12-5-4-6-12/h1-3,7-8,12,14H,4-6,9-11,16H2,(H,17,18). The number of nitrogens with one attached hydrogen (secondary N) is 1. The highest BCUT2D eigenvalue weighted by Crippen LogP contribution is 2.29. The molecule has 3 nitrogen and oxygen atoms in total. The van der Waals surface area contributed by atoms with E-state index >= 15 is 0 Å². The van der Waals surface area contributed by atoms with Crippen LogP contribution in [-0.4, -0.2) is 12.5 Å². The molecule has 98 valence electrons. The molecule has 1 aromatic carbocycles. The summed E-state index contributed by atoms with van der Waals surface area (Å²) in [7, 11) is 0. The highest BCUT2D eigenvalue weighted by Gasteiger charge is 2.20. The molecule has 1 unspecified atom stereocenters. The van der Waals surface area contributed by atoms with Crippen LogP contribution in [0.4, 0.5) is 0 Å². The molecular formula is C15H22N2O. The Kier molecular flexibility index (Phi) is 4.76. The van der Waals surface area contributed by atoms with E-state index in [0.29, 0.717) is 18.9 Å². The summed E-state index contributed by atoms with van der Waals surface area (Å²) < 4.78 is 0. The number of benzene rings is 1. The molecule has 0 spiro atoms. The fraction of sp³-hybridized carbons (Fsp3) is 0.533. The average molecular weight is 246 g/mol. The number of amides is 1. The summed E-state index contributed by atoms with van der Waals surface area (Å²) in [5.74, 6) is 0.813. The van der Waals surface area contributed by atoms with Gasteiger partial charge in [0.25, 0.3) is 0 Å². The van der Waals surface area contributed by atoms with Crippen molar-refractivity contribution in [1.82, 2.24) is 5.32 Å². The third kappa shape index (κ3) is 3.84. The molecule has 1 aromatic rings. The zero-order valence-electron chi connectivity index (χ0n) is 10.8.